The number of fused-ring (bicyclic) bond motifs is 2. The maximum atomic E-state index is 12.9. The van der Waals surface area contributed by atoms with E-state index in [2.05, 4.69) is 22.1 Å². The van der Waals surface area contributed by atoms with Crippen LogP contribution in [-0.4, -0.2) is 64.9 Å². The number of hydrogen-bond acceptors (Lipinski definition) is 4. The average Bonchev–Trinajstić information content (AvgIpc) is 3.19. The summed E-state index contributed by atoms with van der Waals surface area (Å²) in [5.41, 5.74) is 1.67. The first-order valence-corrected chi connectivity index (χ1v) is 9.91. The number of H-pyrrole nitrogens is 1. The van der Waals surface area contributed by atoms with E-state index in [0.717, 1.165) is 49.9 Å². The molecule has 7 nitrogen and oxygen atoms in total. The molecule has 1 N–H and O–H groups in total. The number of rotatable bonds is 3. The number of hydrogen-bond donors (Lipinski definition) is 1. The SMILES string of the molecule is COCC(=O)N1CCc2[nH]cnc2C12CCN(C(=O)C1CC=CCC1)CC2. The number of allylic oxidation sites excluding steroid dienone is 2. The molecule has 2 amide bonds. The van der Waals surface area contributed by atoms with Gasteiger partial charge in [-0.15, -0.1) is 0 Å². The summed E-state index contributed by atoms with van der Waals surface area (Å²) in [5, 5.41) is 0. The van der Waals surface area contributed by atoms with Gasteiger partial charge in [-0.25, -0.2) is 4.98 Å². The van der Waals surface area contributed by atoms with Gasteiger partial charge >= 0.3 is 0 Å². The lowest BCUT2D eigenvalue weighted by Gasteiger charge is -2.50. The van der Waals surface area contributed by atoms with Crippen LogP contribution in [0.2, 0.25) is 0 Å². The standard InChI is InChI=1S/C20H28N4O3/c1-27-13-17(25)24-10-7-16-18(22-14-21-16)20(24)8-11-23(12-9-20)19(26)15-5-3-2-4-6-15/h2-3,14-15H,4-13H2,1H3,(H,21,22). The van der Waals surface area contributed by atoms with Crippen LogP contribution in [0.25, 0.3) is 0 Å². The number of imidazole rings is 1. The van der Waals surface area contributed by atoms with E-state index < -0.39 is 5.54 Å². The summed E-state index contributed by atoms with van der Waals surface area (Å²) in [7, 11) is 1.55. The van der Waals surface area contributed by atoms with Crippen molar-refractivity contribution in [3.63, 3.8) is 0 Å². The quantitative estimate of drug-likeness (QED) is 0.818. The Morgan fingerprint density at radius 1 is 1.30 bits per heavy atom. The van der Waals surface area contributed by atoms with Gasteiger partial charge in [0.2, 0.25) is 11.8 Å². The number of piperidine rings is 1. The van der Waals surface area contributed by atoms with Crippen molar-refractivity contribution in [3.8, 4) is 0 Å². The number of aromatic amines is 1. The van der Waals surface area contributed by atoms with Crippen molar-refractivity contribution in [2.75, 3.05) is 33.4 Å². The molecule has 1 fully saturated rings. The van der Waals surface area contributed by atoms with Crippen molar-refractivity contribution in [1.29, 1.82) is 0 Å². The second kappa shape index (κ2) is 7.46. The largest absolute Gasteiger partial charge is 0.375 e. The van der Waals surface area contributed by atoms with Gasteiger partial charge in [-0.1, -0.05) is 12.2 Å². The molecule has 1 aromatic rings. The fraction of sp³-hybridized carbons (Fsp3) is 0.650. The normalized spacial score (nSPS) is 24.1. The highest BCUT2D eigenvalue weighted by atomic mass is 16.5. The van der Waals surface area contributed by atoms with E-state index in [4.69, 9.17) is 4.74 Å². The first-order valence-electron chi connectivity index (χ1n) is 9.91. The third-order valence-corrected chi connectivity index (χ3v) is 6.35. The first kappa shape index (κ1) is 18.2. The maximum absolute atomic E-state index is 12.9. The smallest absolute Gasteiger partial charge is 0.249 e. The van der Waals surface area contributed by atoms with Gasteiger partial charge in [0.25, 0.3) is 0 Å². The molecule has 2 aliphatic heterocycles. The molecule has 0 bridgehead atoms. The lowest BCUT2D eigenvalue weighted by Crippen LogP contribution is -2.59. The van der Waals surface area contributed by atoms with Crippen LogP contribution in [0, 0.1) is 5.92 Å². The summed E-state index contributed by atoms with van der Waals surface area (Å²) >= 11 is 0. The van der Waals surface area contributed by atoms with Crippen molar-refractivity contribution < 1.29 is 14.3 Å². The second-order valence-corrected chi connectivity index (χ2v) is 7.80. The number of aromatic nitrogens is 2. The Bertz CT molecular complexity index is 733. The summed E-state index contributed by atoms with van der Waals surface area (Å²) in [5.74, 6) is 0.382. The van der Waals surface area contributed by atoms with Crippen LogP contribution in [0.5, 0.6) is 0 Å². The molecule has 1 aliphatic carbocycles. The van der Waals surface area contributed by atoms with E-state index in [-0.39, 0.29) is 24.3 Å². The van der Waals surface area contributed by atoms with Crippen molar-refractivity contribution in [3.05, 3.63) is 29.9 Å². The molecule has 1 aromatic heterocycles. The van der Waals surface area contributed by atoms with E-state index in [1.165, 1.54) is 0 Å². The fourth-order valence-electron chi connectivity index (χ4n) is 4.92. The van der Waals surface area contributed by atoms with Gasteiger partial charge < -0.3 is 19.5 Å². The molecule has 27 heavy (non-hydrogen) atoms. The molecule has 1 atom stereocenters. The molecule has 3 aliphatic rings. The Labute approximate surface area is 159 Å². The van der Waals surface area contributed by atoms with E-state index in [1.807, 2.05) is 9.80 Å². The van der Waals surface area contributed by atoms with Gasteiger partial charge in [-0.3, -0.25) is 9.59 Å². The molecule has 7 heteroatoms. The molecular weight excluding hydrogens is 344 g/mol. The monoisotopic (exact) mass is 372 g/mol. The van der Waals surface area contributed by atoms with Crippen LogP contribution < -0.4 is 0 Å². The highest BCUT2D eigenvalue weighted by Gasteiger charge is 2.49. The fourth-order valence-corrected chi connectivity index (χ4v) is 4.92. The summed E-state index contributed by atoms with van der Waals surface area (Å²) in [4.78, 5) is 37.4. The number of carbonyl (C=O) groups is 2. The molecule has 0 aromatic carbocycles. The van der Waals surface area contributed by atoms with Crippen molar-refractivity contribution in [2.24, 2.45) is 5.92 Å². The minimum Gasteiger partial charge on any atom is -0.375 e. The van der Waals surface area contributed by atoms with Gasteiger partial charge in [0.1, 0.15) is 6.61 Å². The Kier molecular flexibility index (Phi) is 5.04. The highest BCUT2D eigenvalue weighted by Crippen LogP contribution is 2.42. The number of methoxy groups -OCH3 is 1. The predicted molar refractivity (Wildman–Crippen MR) is 99.9 cm³/mol. The Morgan fingerprint density at radius 2 is 2.11 bits per heavy atom. The predicted octanol–water partition coefficient (Wildman–Crippen LogP) is 1.61. The third kappa shape index (κ3) is 3.18. The van der Waals surface area contributed by atoms with Crippen molar-refractivity contribution in [2.45, 2.75) is 44.1 Å². The summed E-state index contributed by atoms with van der Waals surface area (Å²) < 4.78 is 5.11. The Balaban J connectivity index is 1.54. The van der Waals surface area contributed by atoms with Crippen molar-refractivity contribution >= 4 is 11.8 Å². The second-order valence-electron chi connectivity index (χ2n) is 7.80. The van der Waals surface area contributed by atoms with Crippen LogP contribution in [0.4, 0.5) is 0 Å². The van der Waals surface area contributed by atoms with Crippen LogP contribution in [0.1, 0.15) is 43.5 Å². The van der Waals surface area contributed by atoms with E-state index in [9.17, 15) is 9.59 Å². The zero-order valence-electron chi connectivity index (χ0n) is 15.9. The first-order chi connectivity index (χ1) is 13.2. The lowest BCUT2D eigenvalue weighted by atomic mass is 9.78. The lowest BCUT2D eigenvalue weighted by molar-refractivity contribution is -0.148. The van der Waals surface area contributed by atoms with E-state index in [1.54, 1.807) is 13.4 Å². The maximum Gasteiger partial charge on any atom is 0.249 e. The summed E-state index contributed by atoms with van der Waals surface area (Å²) in [6.07, 6.45) is 11.0. The minimum atomic E-state index is -0.424. The molecule has 146 valence electrons. The van der Waals surface area contributed by atoms with Gasteiger partial charge in [0, 0.05) is 44.8 Å². The highest BCUT2D eigenvalue weighted by molar-refractivity contribution is 5.80. The number of nitrogens with one attached hydrogen (secondary N) is 1. The number of likely N-dealkylation sites (tertiary alicyclic amines) is 1. The molecule has 3 heterocycles. The minimum absolute atomic E-state index is 0.00310. The number of carbonyl (C=O) groups excluding carboxylic acids is 2. The van der Waals surface area contributed by atoms with Gasteiger partial charge in [0.05, 0.1) is 17.6 Å². The summed E-state index contributed by atoms with van der Waals surface area (Å²) in [6, 6.07) is 0. The van der Waals surface area contributed by atoms with Gasteiger partial charge in [-0.2, -0.15) is 0 Å². The zero-order chi connectivity index (χ0) is 18.9. The average molecular weight is 372 g/mol. The number of nitrogens with zero attached hydrogens (tertiary/aromatic N) is 3. The molecular formula is C20H28N4O3. The molecule has 0 radical (unpaired) electrons. The van der Waals surface area contributed by atoms with E-state index >= 15 is 0 Å². The zero-order valence-corrected chi connectivity index (χ0v) is 15.9. The molecule has 4 rings (SSSR count). The van der Waals surface area contributed by atoms with Gasteiger partial charge in [-0.05, 0) is 32.1 Å². The molecule has 1 unspecified atom stereocenters. The Hall–Kier alpha value is -2.15. The van der Waals surface area contributed by atoms with Crippen LogP contribution in [-0.2, 0) is 26.3 Å². The third-order valence-electron chi connectivity index (χ3n) is 6.35. The van der Waals surface area contributed by atoms with Crippen LogP contribution in [0.3, 0.4) is 0 Å². The Morgan fingerprint density at radius 3 is 2.81 bits per heavy atom. The van der Waals surface area contributed by atoms with E-state index in [0.29, 0.717) is 19.6 Å². The topological polar surface area (TPSA) is 78.5 Å². The van der Waals surface area contributed by atoms with Gasteiger partial charge in [0.15, 0.2) is 0 Å². The van der Waals surface area contributed by atoms with Crippen molar-refractivity contribution in [1.82, 2.24) is 19.8 Å². The summed E-state index contributed by atoms with van der Waals surface area (Å²) in [6.45, 7) is 2.08. The molecule has 1 spiro atoms. The molecule has 1 saturated heterocycles. The van der Waals surface area contributed by atoms with Crippen LogP contribution >= 0.6 is 0 Å². The number of ether oxygens (including phenoxy) is 1. The molecule has 0 saturated carbocycles. The van der Waals surface area contributed by atoms with Crippen LogP contribution in [0.15, 0.2) is 18.5 Å². The number of amides is 2.